The highest BCUT2D eigenvalue weighted by Gasteiger charge is 2.06. The Bertz CT molecular complexity index is 261. The summed E-state index contributed by atoms with van der Waals surface area (Å²) in [4.78, 5) is 6.36. The highest BCUT2D eigenvalue weighted by atomic mass is 16.5. The molecular weight excluding hydrogens is 180 g/mol. The highest BCUT2D eigenvalue weighted by Crippen LogP contribution is 2.01. The third-order valence-electron chi connectivity index (χ3n) is 1.97. The molecular formula is C9H18N4O. The molecule has 2 N–H and O–H groups in total. The van der Waals surface area contributed by atoms with Crippen molar-refractivity contribution in [3.63, 3.8) is 0 Å². The maximum Gasteiger partial charge on any atom is 0.226 e. The van der Waals surface area contributed by atoms with Crippen LogP contribution in [-0.2, 0) is 13.0 Å². The first kappa shape index (κ1) is 11.1. The van der Waals surface area contributed by atoms with E-state index in [0.29, 0.717) is 5.89 Å². The number of aromatic nitrogens is 2. The van der Waals surface area contributed by atoms with Crippen molar-refractivity contribution in [3.05, 3.63) is 11.7 Å². The van der Waals surface area contributed by atoms with Gasteiger partial charge < -0.3 is 10.3 Å². The molecule has 1 aromatic rings. The Hall–Kier alpha value is -0.940. The molecule has 0 aliphatic rings. The minimum absolute atomic E-state index is 0.701. The van der Waals surface area contributed by atoms with E-state index >= 15 is 0 Å². The van der Waals surface area contributed by atoms with Gasteiger partial charge >= 0.3 is 0 Å². The summed E-state index contributed by atoms with van der Waals surface area (Å²) in [5, 5.41) is 3.88. The van der Waals surface area contributed by atoms with Crippen LogP contribution in [-0.4, -0.2) is 35.2 Å². The van der Waals surface area contributed by atoms with Gasteiger partial charge in [0, 0.05) is 6.42 Å². The third kappa shape index (κ3) is 3.43. The van der Waals surface area contributed by atoms with Gasteiger partial charge in [0.05, 0.1) is 6.54 Å². The first-order chi connectivity index (χ1) is 6.76. The third-order valence-corrected chi connectivity index (χ3v) is 1.97. The molecule has 0 aromatic carbocycles. The van der Waals surface area contributed by atoms with E-state index in [4.69, 9.17) is 10.3 Å². The van der Waals surface area contributed by atoms with Crippen LogP contribution in [0.4, 0.5) is 0 Å². The number of hydrogen-bond donors (Lipinski definition) is 1. The van der Waals surface area contributed by atoms with Crippen LogP contribution in [0.5, 0.6) is 0 Å². The summed E-state index contributed by atoms with van der Waals surface area (Å²) in [6.45, 7) is 4.40. The minimum Gasteiger partial charge on any atom is -0.339 e. The lowest BCUT2D eigenvalue weighted by atomic mass is 10.4. The van der Waals surface area contributed by atoms with Crippen molar-refractivity contribution >= 4 is 0 Å². The molecule has 0 aliphatic heterocycles. The zero-order chi connectivity index (χ0) is 10.4. The first-order valence-electron chi connectivity index (χ1n) is 4.96. The van der Waals surface area contributed by atoms with Crippen molar-refractivity contribution in [2.45, 2.75) is 26.3 Å². The SMILES string of the molecule is CCc1nc(CN(C)CCCN)no1. The van der Waals surface area contributed by atoms with Crippen LogP contribution in [0.15, 0.2) is 4.52 Å². The van der Waals surface area contributed by atoms with Crippen LogP contribution < -0.4 is 5.73 Å². The van der Waals surface area contributed by atoms with E-state index < -0.39 is 0 Å². The molecule has 0 fully saturated rings. The summed E-state index contributed by atoms with van der Waals surface area (Å²) in [5.41, 5.74) is 5.42. The van der Waals surface area contributed by atoms with E-state index in [1.165, 1.54) is 0 Å². The summed E-state index contributed by atoms with van der Waals surface area (Å²) in [6, 6.07) is 0. The highest BCUT2D eigenvalue weighted by molar-refractivity contribution is 4.85. The molecule has 0 radical (unpaired) electrons. The van der Waals surface area contributed by atoms with Gasteiger partial charge in [-0.05, 0) is 26.6 Å². The molecule has 1 heterocycles. The molecule has 14 heavy (non-hydrogen) atoms. The van der Waals surface area contributed by atoms with Gasteiger partial charge in [0.2, 0.25) is 5.89 Å². The van der Waals surface area contributed by atoms with Gasteiger partial charge in [0.1, 0.15) is 0 Å². The fourth-order valence-electron chi connectivity index (χ4n) is 1.18. The quantitative estimate of drug-likeness (QED) is 0.717. The number of nitrogens with zero attached hydrogens (tertiary/aromatic N) is 3. The normalized spacial score (nSPS) is 11.1. The zero-order valence-electron chi connectivity index (χ0n) is 8.86. The summed E-state index contributed by atoms with van der Waals surface area (Å²) < 4.78 is 5.01. The lowest BCUT2D eigenvalue weighted by molar-refractivity contribution is 0.305. The Labute approximate surface area is 84.3 Å². The molecule has 1 rings (SSSR count). The molecule has 5 nitrogen and oxygen atoms in total. The second-order valence-corrected chi connectivity index (χ2v) is 3.34. The van der Waals surface area contributed by atoms with E-state index in [0.717, 1.165) is 38.3 Å². The molecule has 80 valence electrons. The van der Waals surface area contributed by atoms with Crippen LogP contribution in [0.1, 0.15) is 25.1 Å². The van der Waals surface area contributed by atoms with Crippen LogP contribution >= 0.6 is 0 Å². The van der Waals surface area contributed by atoms with E-state index in [9.17, 15) is 0 Å². The Morgan fingerprint density at radius 1 is 1.50 bits per heavy atom. The van der Waals surface area contributed by atoms with Crippen molar-refractivity contribution in [2.24, 2.45) is 5.73 Å². The number of nitrogens with two attached hydrogens (primary N) is 1. The monoisotopic (exact) mass is 198 g/mol. The second-order valence-electron chi connectivity index (χ2n) is 3.34. The molecule has 0 saturated heterocycles. The van der Waals surface area contributed by atoms with E-state index in [-0.39, 0.29) is 0 Å². The van der Waals surface area contributed by atoms with Gasteiger partial charge in [-0.1, -0.05) is 12.1 Å². The van der Waals surface area contributed by atoms with Crippen LogP contribution in [0.3, 0.4) is 0 Å². The summed E-state index contributed by atoms with van der Waals surface area (Å²) >= 11 is 0. The molecule has 0 aliphatic carbocycles. The molecule has 0 bridgehead atoms. The Morgan fingerprint density at radius 3 is 2.86 bits per heavy atom. The molecule has 0 unspecified atom stereocenters. The summed E-state index contributed by atoms with van der Waals surface area (Å²) in [5.74, 6) is 1.45. The van der Waals surface area contributed by atoms with E-state index in [1.54, 1.807) is 0 Å². The van der Waals surface area contributed by atoms with Crippen molar-refractivity contribution in [1.82, 2.24) is 15.0 Å². The Balaban J connectivity index is 2.35. The Kier molecular flexibility index (Phi) is 4.55. The van der Waals surface area contributed by atoms with Crippen LogP contribution in [0.25, 0.3) is 0 Å². The molecule has 0 atom stereocenters. The topological polar surface area (TPSA) is 68.2 Å². The second kappa shape index (κ2) is 5.72. The summed E-state index contributed by atoms with van der Waals surface area (Å²) in [7, 11) is 2.03. The predicted molar refractivity (Wildman–Crippen MR) is 53.7 cm³/mol. The molecule has 0 amide bonds. The van der Waals surface area contributed by atoms with Gasteiger partial charge in [0.15, 0.2) is 5.82 Å². The average Bonchev–Trinajstić information content (AvgIpc) is 2.62. The Morgan fingerprint density at radius 2 is 2.29 bits per heavy atom. The van der Waals surface area contributed by atoms with Crippen LogP contribution in [0.2, 0.25) is 0 Å². The van der Waals surface area contributed by atoms with Gasteiger partial charge in [-0.3, -0.25) is 4.90 Å². The van der Waals surface area contributed by atoms with Crippen molar-refractivity contribution < 1.29 is 4.52 Å². The maximum atomic E-state index is 5.42. The van der Waals surface area contributed by atoms with Crippen LogP contribution in [0, 0.1) is 0 Å². The van der Waals surface area contributed by atoms with Gasteiger partial charge in [0.25, 0.3) is 0 Å². The molecule has 5 heteroatoms. The number of hydrogen-bond acceptors (Lipinski definition) is 5. The van der Waals surface area contributed by atoms with Crippen molar-refractivity contribution in [2.75, 3.05) is 20.1 Å². The van der Waals surface area contributed by atoms with E-state index in [1.807, 2.05) is 14.0 Å². The fourth-order valence-corrected chi connectivity index (χ4v) is 1.18. The average molecular weight is 198 g/mol. The van der Waals surface area contributed by atoms with Gasteiger partial charge in [-0.15, -0.1) is 0 Å². The lowest BCUT2D eigenvalue weighted by Gasteiger charge is -2.12. The molecule has 0 saturated carbocycles. The summed E-state index contributed by atoms with van der Waals surface area (Å²) in [6.07, 6.45) is 1.79. The van der Waals surface area contributed by atoms with E-state index in [2.05, 4.69) is 15.0 Å². The zero-order valence-corrected chi connectivity index (χ0v) is 8.86. The predicted octanol–water partition coefficient (Wildman–Crippen LogP) is 0.413. The molecule has 0 spiro atoms. The molecule has 1 aromatic heterocycles. The van der Waals surface area contributed by atoms with Gasteiger partial charge in [-0.25, -0.2) is 0 Å². The lowest BCUT2D eigenvalue weighted by Crippen LogP contribution is -2.21. The standard InChI is InChI=1S/C9H18N4O/c1-3-9-11-8(12-14-9)7-13(2)6-4-5-10/h3-7,10H2,1-2H3. The van der Waals surface area contributed by atoms with Crippen molar-refractivity contribution in [3.8, 4) is 0 Å². The smallest absolute Gasteiger partial charge is 0.226 e. The van der Waals surface area contributed by atoms with Gasteiger partial charge in [-0.2, -0.15) is 4.98 Å². The largest absolute Gasteiger partial charge is 0.339 e. The fraction of sp³-hybridized carbons (Fsp3) is 0.778. The number of rotatable bonds is 6. The number of aryl methyl sites for hydroxylation is 1. The first-order valence-corrected chi connectivity index (χ1v) is 4.96. The minimum atomic E-state index is 0.701. The van der Waals surface area contributed by atoms with Crippen molar-refractivity contribution in [1.29, 1.82) is 0 Å². The maximum absolute atomic E-state index is 5.42.